The van der Waals surface area contributed by atoms with Crippen LogP contribution in [0.25, 0.3) is 0 Å². The van der Waals surface area contributed by atoms with Crippen molar-refractivity contribution in [3.05, 3.63) is 40.1 Å². The van der Waals surface area contributed by atoms with Gasteiger partial charge in [0, 0.05) is 22.6 Å². The third-order valence-electron chi connectivity index (χ3n) is 2.11. The van der Waals surface area contributed by atoms with Gasteiger partial charge >= 0.3 is 0 Å². The molecule has 0 fully saturated rings. The Kier molecular flexibility index (Phi) is 3.81. The van der Waals surface area contributed by atoms with Gasteiger partial charge in [-0.3, -0.25) is 0 Å². The van der Waals surface area contributed by atoms with Crippen LogP contribution in [0.5, 0.6) is 0 Å². The summed E-state index contributed by atoms with van der Waals surface area (Å²) in [6.45, 7) is 0. The largest absolute Gasteiger partial charge is 0.373 e. The molecule has 6 heteroatoms. The van der Waals surface area contributed by atoms with Crippen LogP contribution in [0, 0.1) is 0 Å². The summed E-state index contributed by atoms with van der Waals surface area (Å²) < 4.78 is 0.923. The number of anilines is 3. The Morgan fingerprint density at radius 2 is 1.94 bits per heavy atom. The molecule has 0 aliphatic carbocycles. The molecule has 0 amide bonds. The number of hydrogen-bond acceptors (Lipinski definition) is 4. The third-order valence-corrected chi connectivity index (χ3v) is 3.04. The van der Waals surface area contributed by atoms with Gasteiger partial charge in [-0.15, -0.1) is 0 Å². The van der Waals surface area contributed by atoms with E-state index >= 15 is 0 Å². The van der Waals surface area contributed by atoms with Crippen LogP contribution in [0.2, 0.25) is 5.02 Å². The smallest absolute Gasteiger partial charge is 0.135 e. The van der Waals surface area contributed by atoms with Gasteiger partial charge < -0.3 is 10.6 Å². The van der Waals surface area contributed by atoms with E-state index < -0.39 is 0 Å². The molecule has 0 unspecified atom stereocenters. The van der Waals surface area contributed by atoms with Gasteiger partial charge in [-0.25, -0.2) is 9.97 Å². The second-order valence-corrected chi connectivity index (χ2v) is 4.58. The zero-order valence-corrected chi connectivity index (χ0v) is 11.4. The summed E-state index contributed by atoms with van der Waals surface area (Å²) in [6, 6.07) is 7.33. The normalized spacial score (nSPS) is 10.1. The van der Waals surface area contributed by atoms with Crippen LogP contribution in [0.1, 0.15) is 0 Å². The fraction of sp³-hybridized carbons (Fsp3) is 0.0909. The van der Waals surface area contributed by atoms with Gasteiger partial charge in [0.05, 0.1) is 5.69 Å². The van der Waals surface area contributed by atoms with Crippen LogP contribution in [-0.2, 0) is 0 Å². The summed E-state index contributed by atoms with van der Waals surface area (Å²) in [5, 5.41) is 6.78. The number of nitrogens with zero attached hydrogens (tertiary/aromatic N) is 2. The molecular formula is C11H10BrClN4. The number of rotatable bonds is 3. The highest BCUT2D eigenvalue weighted by atomic mass is 79.9. The third kappa shape index (κ3) is 3.08. The van der Waals surface area contributed by atoms with E-state index in [0.29, 0.717) is 10.8 Å². The van der Waals surface area contributed by atoms with Crippen LogP contribution in [0.3, 0.4) is 0 Å². The molecule has 0 bridgehead atoms. The van der Waals surface area contributed by atoms with Gasteiger partial charge in [0.25, 0.3) is 0 Å². The van der Waals surface area contributed by atoms with E-state index in [1.807, 2.05) is 24.3 Å². The van der Waals surface area contributed by atoms with Crippen LogP contribution in [0.15, 0.2) is 35.1 Å². The molecule has 17 heavy (non-hydrogen) atoms. The summed E-state index contributed by atoms with van der Waals surface area (Å²) >= 11 is 9.38. The Labute approximate surface area is 113 Å². The quantitative estimate of drug-likeness (QED) is 0.907. The first kappa shape index (κ1) is 12.1. The van der Waals surface area contributed by atoms with Crippen LogP contribution in [-0.4, -0.2) is 17.0 Å². The predicted molar refractivity (Wildman–Crippen MR) is 74.0 cm³/mol. The molecule has 0 aliphatic heterocycles. The second kappa shape index (κ2) is 5.33. The van der Waals surface area contributed by atoms with Gasteiger partial charge in [-0.1, -0.05) is 11.6 Å². The number of halogens is 2. The summed E-state index contributed by atoms with van der Waals surface area (Å²) in [5.74, 6) is 1.45. The van der Waals surface area contributed by atoms with E-state index in [-0.39, 0.29) is 0 Å². The number of nitrogens with one attached hydrogen (secondary N) is 2. The van der Waals surface area contributed by atoms with Gasteiger partial charge in [0.15, 0.2) is 0 Å². The lowest BCUT2D eigenvalue weighted by Crippen LogP contribution is -1.98. The minimum absolute atomic E-state index is 0.665. The molecule has 0 atom stereocenters. The molecule has 0 saturated heterocycles. The highest BCUT2D eigenvalue weighted by Gasteiger charge is 2.03. The lowest BCUT2D eigenvalue weighted by atomic mass is 10.3. The van der Waals surface area contributed by atoms with E-state index in [9.17, 15) is 0 Å². The molecule has 1 aromatic carbocycles. The second-order valence-electron chi connectivity index (χ2n) is 3.29. The van der Waals surface area contributed by atoms with Crippen molar-refractivity contribution in [2.75, 3.05) is 17.7 Å². The highest BCUT2D eigenvalue weighted by molar-refractivity contribution is 9.10. The lowest BCUT2D eigenvalue weighted by Gasteiger charge is -2.08. The van der Waals surface area contributed by atoms with E-state index in [4.69, 9.17) is 11.6 Å². The minimum atomic E-state index is 0.665. The van der Waals surface area contributed by atoms with E-state index in [2.05, 4.69) is 36.5 Å². The minimum Gasteiger partial charge on any atom is -0.373 e. The predicted octanol–water partition coefficient (Wildman–Crippen LogP) is 3.68. The van der Waals surface area contributed by atoms with Crippen molar-refractivity contribution in [2.45, 2.75) is 0 Å². The fourth-order valence-electron chi connectivity index (χ4n) is 1.29. The topological polar surface area (TPSA) is 49.8 Å². The maximum atomic E-state index is 5.94. The molecule has 1 aromatic heterocycles. The maximum Gasteiger partial charge on any atom is 0.135 e. The van der Waals surface area contributed by atoms with Gasteiger partial charge in [0.2, 0.25) is 0 Å². The SMILES string of the molecule is CNc1cc(Nc2cc(Cl)ccc2Br)ncn1. The molecule has 2 aromatic rings. The molecule has 4 nitrogen and oxygen atoms in total. The zero-order chi connectivity index (χ0) is 12.3. The Balaban J connectivity index is 2.27. The molecule has 88 valence electrons. The van der Waals surface area contributed by atoms with Gasteiger partial charge in [0.1, 0.15) is 18.0 Å². The first-order valence-corrected chi connectivity index (χ1v) is 6.08. The molecule has 0 radical (unpaired) electrons. The Hall–Kier alpha value is -1.33. The maximum absolute atomic E-state index is 5.94. The molecule has 0 aliphatic rings. The standard InChI is InChI=1S/C11H10BrClN4/c1-14-10-5-11(16-6-15-10)17-9-4-7(13)2-3-8(9)12/h2-6H,1H3,(H2,14,15,16,17). The van der Waals surface area contributed by atoms with Crippen LogP contribution in [0.4, 0.5) is 17.3 Å². The van der Waals surface area contributed by atoms with E-state index in [1.165, 1.54) is 6.33 Å². The van der Waals surface area contributed by atoms with Crippen molar-refractivity contribution < 1.29 is 0 Å². The van der Waals surface area contributed by atoms with Crippen molar-refractivity contribution in [2.24, 2.45) is 0 Å². The molecule has 1 heterocycles. The molecule has 2 N–H and O–H groups in total. The molecule has 0 spiro atoms. The number of benzene rings is 1. The van der Waals surface area contributed by atoms with Crippen molar-refractivity contribution in [1.29, 1.82) is 0 Å². The van der Waals surface area contributed by atoms with Crippen molar-refractivity contribution in [3.8, 4) is 0 Å². The van der Waals surface area contributed by atoms with Crippen LogP contribution >= 0.6 is 27.5 Å². The molecule has 0 saturated carbocycles. The fourth-order valence-corrected chi connectivity index (χ4v) is 1.81. The Morgan fingerprint density at radius 3 is 2.71 bits per heavy atom. The van der Waals surface area contributed by atoms with Gasteiger partial charge in [-0.05, 0) is 34.1 Å². The average Bonchev–Trinajstić information content (AvgIpc) is 2.34. The van der Waals surface area contributed by atoms with Crippen LogP contribution < -0.4 is 10.6 Å². The molecule has 2 rings (SSSR count). The lowest BCUT2D eigenvalue weighted by molar-refractivity contribution is 1.16. The Bertz CT molecular complexity index is 533. The Morgan fingerprint density at radius 1 is 1.18 bits per heavy atom. The van der Waals surface area contributed by atoms with Crippen molar-refractivity contribution >= 4 is 44.9 Å². The average molecular weight is 314 g/mol. The number of aromatic nitrogens is 2. The zero-order valence-electron chi connectivity index (χ0n) is 9.04. The monoisotopic (exact) mass is 312 g/mol. The first-order chi connectivity index (χ1) is 8.19. The summed E-state index contributed by atoms with van der Waals surface area (Å²) in [6.07, 6.45) is 1.49. The summed E-state index contributed by atoms with van der Waals surface area (Å²) in [7, 11) is 1.81. The van der Waals surface area contributed by atoms with Crippen molar-refractivity contribution in [1.82, 2.24) is 9.97 Å². The molecular weight excluding hydrogens is 304 g/mol. The summed E-state index contributed by atoms with van der Waals surface area (Å²) in [4.78, 5) is 8.17. The first-order valence-electron chi connectivity index (χ1n) is 4.91. The number of hydrogen-bond donors (Lipinski definition) is 2. The highest BCUT2D eigenvalue weighted by Crippen LogP contribution is 2.28. The summed E-state index contributed by atoms with van der Waals surface area (Å²) in [5.41, 5.74) is 0.859. The van der Waals surface area contributed by atoms with Gasteiger partial charge in [-0.2, -0.15) is 0 Å². The van der Waals surface area contributed by atoms with E-state index in [1.54, 1.807) is 7.05 Å². The van der Waals surface area contributed by atoms with E-state index in [0.717, 1.165) is 16.0 Å². The van der Waals surface area contributed by atoms with Crippen molar-refractivity contribution in [3.63, 3.8) is 0 Å².